The van der Waals surface area contributed by atoms with Crippen molar-refractivity contribution in [3.8, 4) is 11.5 Å². The van der Waals surface area contributed by atoms with Gasteiger partial charge in [-0.05, 0) is 55.1 Å². The molecule has 0 unspecified atom stereocenters. The van der Waals surface area contributed by atoms with Crippen LogP contribution in [0.3, 0.4) is 0 Å². The summed E-state index contributed by atoms with van der Waals surface area (Å²) >= 11 is 0. The Kier molecular flexibility index (Phi) is 5.82. The molecular formula is C32H40N2O4. The van der Waals surface area contributed by atoms with Gasteiger partial charge in [0, 0.05) is 42.0 Å². The van der Waals surface area contributed by atoms with E-state index in [2.05, 4.69) is 50.5 Å². The number of hydrogen-bond acceptors (Lipinski definition) is 4. The molecule has 0 aromatic heterocycles. The third kappa shape index (κ3) is 3.59. The molecule has 0 bridgehead atoms. The van der Waals surface area contributed by atoms with Gasteiger partial charge in [0.05, 0.1) is 5.56 Å². The number of carbonyl (C=O) groups is 2. The third-order valence-corrected chi connectivity index (χ3v) is 10.7. The van der Waals surface area contributed by atoms with E-state index in [-0.39, 0.29) is 40.2 Å². The van der Waals surface area contributed by atoms with Crippen molar-refractivity contribution in [2.75, 3.05) is 0 Å². The van der Waals surface area contributed by atoms with Gasteiger partial charge in [0.15, 0.2) is 0 Å². The fourth-order valence-electron chi connectivity index (χ4n) is 8.32. The van der Waals surface area contributed by atoms with Gasteiger partial charge in [-0.25, -0.2) is 0 Å². The topological polar surface area (TPSA) is 76.7 Å². The zero-order valence-corrected chi connectivity index (χ0v) is 23.3. The lowest BCUT2D eigenvalue weighted by atomic mass is 9.43. The number of nitrogens with one attached hydrogen (secondary N) is 2. The van der Waals surface area contributed by atoms with Crippen molar-refractivity contribution in [2.24, 2.45) is 22.7 Å². The molecule has 2 aliphatic heterocycles. The number of benzene rings is 2. The van der Waals surface area contributed by atoms with Crippen LogP contribution in [0, 0.1) is 22.7 Å². The van der Waals surface area contributed by atoms with Crippen LogP contribution in [0.4, 0.5) is 0 Å². The van der Waals surface area contributed by atoms with Gasteiger partial charge in [0.2, 0.25) is 5.91 Å². The average Bonchev–Trinajstić information content (AvgIpc) is 3.25. The van der Waals surface area contributed by atoms with Gasteiger partial charge in [-0.3, -0.25) is 9.59 Å². The van der Waals surface area contributed by atoms with Crippen LogP contribution in [0.2, 0.25) is 0 Å². The fourth-order valence-corrected chi connectivity index (χ4v) is 8.32. The molecule has 2 N–H and O–H groups in total. The molecule has 2 aromatic carbocycles. The van der Waals surface area contributed by atoms with Crippen molar-refractivity contribution in [1.29, 1.82) is 0 Å². The molecule has 2 fully saturated rings. The predicted molar refractivity (Wildman–Crippen MR) is 146 cm³/mol. The maximum atomic E-state index is 12.8. The summed E-state index contributed by atoms with van der Waals surface area (Å²) in [5.41, 5.74) is 3.23. The summed E-state index contributed by atoms with van der Waals surface area (Å²) in [6.45, 7) is 12.0. The minimum atomic E-state index is -0.367. The van der Waals surface area contributed by atoms with Crippen LogP contribution in [-0.2, 0) is 24.4 Å². The summed E-state index contributed by atoms with van der Waals surface area (Å²) < 4.78 is 13.8. The molecule has 2 aromatic rings. The van der Waals surface area contributed by atoms with Crippen LogP contribution >= 0.6 is 0 Å². The lowest BCUT2D eigenvalue weighted by molar-refractivity contribution is -0.217. The molecule has 1 spiro atoms. The zero-order valence-electron chi connectivity index (χ0n) is 23.3. The minimum Gasteiger partial charge on any atom is -0.488 e. The third-order valence-electron chi connectivity index (χ3n) is 10.7. The van der Waals surface area contributed by atoms with Gasteiger partial charge >= 0.3 is 0 Å². The van der Waals surface area contributed by atoms with Crippen LogP contribution in [0.1, 0.15) is 87.4 Å². The second kappa shape index (κ2) is 8.75. The Labute approximate surface area is 225 Å². The van der Waals surface area contributed by atoms with Gasteiger partial charge in [-0.15, -0.1) is 0 Å². The predicted octanol–water partition coefficient (Wildman–Crippen LogP) is 5.56. The molecule has 0 radical (unpaired) electrons. The largest absolute Gasteiger partial charge is 0.488 e. The van der Waals surface area contributed by atoms with Crippen LogP contribution < -0.4 is 20.1 Å². The van der Waals surface area contributed by atoms with Crippen molar-refractivity contribution in [3.05, 3.63) is 58.7 Å². The second-order valence-electron chi connectivity index (χ2n) is 12.9. The van der Waals surface area contributed by atoms with Crippen LogP contribution in [-0.4, -0.2) is 23.5 Å². The van der Waals surface area contributed by atoms with Gasteiger partial charge in [-0.1, -0.05) is 58.0 Å². The first-order chi connectivity index (χ1) is 18.1. The molecule has 6 rings (SSSR count). The average molecular weight is 517 g/mol. The number of amides is 2. The maximum Gasteiger partial charge on any atom is 0.252 e. The van der Waals surface area contributed by atoms with Gasteiger partial charge in [0.25, 0.3) is 5.91 Å². The van der Waals surface area contributed by atoms with Crippen molar-refractivity contribution in [2.45, 2.75) is 91.5 Å². The van der Waals surface area contributed by atoms with Gasteiger partial charge in [-0.2, -0.15) is 0 Å². The Balaban J connectivity index is 1.46. The molecule has 2 saturated carbocycles. The van der Waals surface area contributed by atoms with E-state index >= 15 is 0 Å². The highest BCUT2D eigenvalue weighted by Gasteiger charge is 2.68. The minimum absolute atomic E-state index is 0.0310. The lowest BCUT2D eigenvalue weighted by Crippen LogP contribution is -2.71. The number of ether oxygens (including phenoxy) is 2. The molecule has 4 aliphatic rings. The van der Waals surface area contributed by atoms with Crippen LogP contribution in [0.15, 0.2) is 36.4 Å². The fraction of sp³-hybridized carbons (Fsp3) is 0.562. The molecule has 2 heterocycles. The van der Waals surface area contributed by atoms with E-state index in [1.807, 2.05) is 24.3 Å². The lowest BCUT2D eigenvalue weighted by Gasteiger charge is -2.67. The highest BCUT2D eigenvalue weighted by Crippen LogP contribution is 2.67. The van der Waals surface area contributed by atoms with Crippen molar-refractivity contribution >= 4 is 11.8 Å². The van der Waals surface area contributed by atoms with Crippen molar-refractivity contribution < 1.29 is 19.1 Å². The smallest absolute Gasteiger partial charge is 0.252 e. The van der Waals surface area contributed by atoms with E-state index < -0.39 is 0 Å². The van der Waals surface area contributed by atoms with E-state index in [9.17, 15) is 9.59 Å². The molecule has 2 aliphatic carbocycles. The number of carbonyl (C=O) groups excluding carboxylic acids is 2. The van der Waals surface area contributed by atoms with E-state index in [1.165, 1.54) is 0 Å². The van der Waals surface area contributed by atoms with Crippen LogP contribution in [0.5, 0.6) is 11.5 Å². The summed E-state index contributed by atoms with van der Waals surface area (Å²) in [7, 11) is 0. The van der Waals surface area contributed by atoms with Gasteiger partial charge in [0.1, 0.15) is 23.7 Å². The summed E-state index contributed by atoms with van der Waals surface area (Å²) in [5, 5.41) is 6.28. The number of rotatable bonds is 4. The quantitative estimate of drug-likeness (QED) is 0.558. The highest BCUT2D eigenvalue weighted by molar-refractivity contribution is 6.00. The molecule has 202 valence electrons. The first-order valence-electron chi connectivity index (χ1n) is 14.2. The normalized spacial score (nSPS) is 32.6. The van der Waals surface area contributed by atoms with E-state index in [0.29, 0.717) is 24.6 Å². The van der Waals surface area contributed by atoms with E-state index in [4.69, 9.17) is 9.47 Å². The Bertz CT molecular complexity index is 1290. The zero-order chi connectivity index (χ0) is 26.9. The molecular weight excluding hydrogens is 476 g/mol. The number of fused-ring (bicyclic) bond motifs is 3. The SMILES string of the molecule is CC(=O)N[C@H]1CC[C@@]23Oc4c(c(OCc5ccccc5)cc5c4CNC5=O)C[C@]2(C)[C@@H](C)CC[C@H]3C1(C)C. The van der Waals surface area contributed by atoms with E-state index in [1.54, 1.807) is 6.92 Å². The van der Waals surface area contributed by atoms with Crippen LogP contribution in [0.25, 0.3) is 0 Å². The number of hydrogen-bond donors (Lipinski definition) is 2. The summed E-state index contributed by atoms with van der Waals surface area (Å²) in [4.78, 5) is 24.9. The Morgan fingerprint density at radius 2 is 1.89 bits per heavy atom. The first-order valence-corrected chi connectivity index (χ1v) is 14.2. The summed E-state index contributed by atoms with van der Waals surface area (Å²) in [5.74, 6) is 2.33. The Hall–Kier alpha value is -3.02. The molecule has 6 nitrogen and oxygen atoms in total. The monoisotopic (exact) mass is 516 g/mol. The molecule has 6 heteroatoms. The molecule has 5 atom stereocenters. The Morgan fingerprint density at radius 3 is 2.63 bits per heavy atom. The molecule has 2 amide bonds. The highest BCUT2D eigenvalue weighted by atomic mass is 16.5. The first kappa shape index (κ1) is 25.3. The van der Waals surface area contributed by atoms with Crippen molar-refractivity contribution in [1.82, 2.24) is 10.6 Å². The van der Waals surface area contributed by atoms with Gasteiger partial charge < -0.3 is 20.1 Å². The summed E-state index contributed by atoms with van der Waals surface area (Å²) in [6.07, 6.45) is 4.82. The Morgan fingerprint density at radius 1 is 1.13 bits per heavy atom. The van der Waals surface area contributed by atoms with Crippen molar-refractivity contribution in [3.63, 3.8) is 0 Å². The molecule has 0 saturated heterocycles. The standard InChI is InChI=1S/C32H40N2O4/c1-19-11-12-26-30(3,4)27(34-20(2)35)13-14-32(26)31(19,5)16-23-25(37-18-21-9-7-6-8-10-21)15-22-24(28(23)38-32)17-33-29(22)36/h6-10,15,19,26-27H,11-14,16-18H2,1-5H3,(H,33,36)(H,34,35)/t19-,26-,27-,31+,32-/m0/s1. The van der Waals surface area contributed by atoms with E-state index in [0.717, 1.165) is 60.3 Å². The second-order valence-corrected chi connectivity index (χ2v) is 12.9. The maximum absolute atomic E-state index is 12.8. The molecule has 38 heavy (non-hydrogen) atoms. The summed E-state index contributed by atoms with van der Waals surface area (Å²) in [6, 6.07) is 12.2.